The van der Waals surface area contributed by atoms with Crippen molar-refractivity contribution in [2.45, 2.75) is 27.2 Å². The van der Waals surface area contributed by atoms with Gasteiger partial charge in [0, 0.05) is 12.3 Å². The second-order valence-corrected chi connectivity index (χ2v) is 3.10. The van der Waals surface area contributed by atoms with Crippen LogP contribution < -0.4 is 0 Å². The number of aldehydes is 1. The molecule has 0 saturated carbocycles. The molecule has 0 saturated heterocycles. The van der Waals surface area contributed by atoms with Gasteiger partial charge in [0.1, 0.15) is 6.29 Å². The predicted octanol–water partition coefficient (Wildman–Crippen LogP) is 2.73. The molecule has 0 aliphatic rings. The summed E-state index contributed by atoms with van der Waals surface area (Å²) in [6.07, 6.45) is 3.58. The van der Waals surface area contributed by atoms with Gasteiger partial charge in [-0.25, -0.2) is 0 Å². The normalized spacial score (nSPS) is 11.9. The van der Waals surface area contributed by atoms with Crippen molar-refractivity contribution in [1.82, 2.24) is 0 Å². The summed E-state index contributed by atoms with van der Waals surface area (Å²) in [4.78, 5) is 10.2. The van der Waals surface area contributed by atoms with E-state index in [0.29, 0.717) is 6.42 Å². The number of rotatable bonds is 4. The van der Waals surface area contributed by atoms with Crippen molar-refractivity contribution in [3.8, 4) is 0 Å². The minimum Gasteiger partial charge on any atom is -0.303 e. The number of hydrogen-bond donors (Lipinski definition) is 0. The third kappa shape index (κ3) is 4.54. The maximum Gasteiger partial charge on any atom is 0.120 e. The van der Waals surface area contributed by atoms with E-state index >= 15 is 0 Å². The lowest BCUT2D eigenvalue weighted by molar-refractivity contribution is -0.108. The molecule has 11 heavy (non-hydrogen) atoms. The van der Waals surface area contributed by atoms with Crippen molar-refractivity contribution in [2.75, 3.05) is 0 Å². The molecule has 0 rings (SSSR count). The quantitative estimate of drug-likeness (QED) is 0.447. The second-order valence-electron chi connectivity index (χ2n) is 3.10. The SMILES string of the molecule is C=C(C)[C@@H](C=C(C)C)CC=O. The van der Waals surface area contributed by atoms with Crippen molar-refractivity contribution >= 4 is 6.29 Å². The molecule has 0 aromatic carbocycles. The summed E-state index contributed by atoms with van der Waals surface area (Å²) < 4.78 is 0. The molecular formula is C10H16O. The molecule has 0 bridgehead atoms. The molecule has 1 heteroatoms. The smallest absolute Gasteiger partial charge is 0.120 e. The van der Waals surface area contributed by atoms with Crippen LogP contribution in [-0.4, -0.2) is 6.29 Å². The molecule has 0 heterocycles. The van der Waals surface area contributed by atoms with Gasteiger partial charge >= 0.3 is 0 Å². The van der Waals surface area contributed by atoms with Gasteiger partial charge in [0.15, 0.2) is 0 Å². The van der Waals surface area contributed by atoms with Gasteiger partial charge in [-0.1, -0.05) is 23.8 Å². The van der Waals surface area contributed by atoms with Crippen LogP contribution in [0, 0.1) is 5.92 Å². The molecule has 1 atom stereocenters. The fourth-order valence-corrected chi connectivity index (χ4v) is 0.918. The number of allylic oxidation sites excluding steroid dienone is 3. The summed E-state index contributed by atoms with van der Waals surface area (Å²) in [6.45, 7) is 9.83. The maximum absolute atomic E-state index is 10.2. The Morgan fingerprint density at radius 1 is 1.45 bits per heavy atom. The highest BCUT2D eigenvalue weighted by Gasteiger charge is 2.03. The largest absolute Gasteiger partial charge is 0.303 e. The van der Waals surface area contributed by atoms with Crippen molar-refractivity contribution in [3.05, 3.63) is 23.8 Å². The number of carbonyl (C=O) groups excluding carboxylic acids is 1. The van der Waals surface area contributed by atoms with Crippen LogP contribution in [0.5, 0.6) is 0 Å². The summed E-state index contributed by atoms with van der Waals surface area (Å²) >= 11 is 0. The van der Waals surface area contributed by atoms with E-state index in [1.54, 1.807) is 0 Å². The van der Waals surface area contributed by atoms with Crippen LogP contribution in [0.1, 0.15) is 27.2 Å². The molecule has 0 spiro atoms. The molecule has 0 aliphatic carbocycles. The van der Waals surface area contributed by atoms with Gasteiger partial charge in [-0.15, -0.1) is 0 Å². The summed E-state index contributed by atoms with van der Waals surface area (Å²) in [6, 6.07) is 0. The van der Waals surface area contributed by atoms with E-state index in [1.165, 1.54) is 5.57 Å². The van der Waals surface area contributed by atoms with Crippen LogP contribution in [0.3, 0.4) is 0 Å². The highest BCUT2D eigenvalue weighted by molar-refractivity contribution is 5.51. The van der Waals surface area contributed by atoms with Gasteiger partial charge in [0.05, 0.1) is 0 Å². The molecule has 62 valence electrons. The highest BCUT2D eigenvalue weighted by atomic mass is 16.1. The van der Waals surface area contributed by atoms with Crippen LogP contribution in [0.15, 0.2) is 23.8 Å². The van der Waals surface area contributed by atoms with E-state index in [1.807, 2.05) is 20.8 Å². The minimum absolute atomic E-state index is 0.234. The van der Waals surface area contributed by atoms with Gasteiger partial charge in [0.25, 0.3) is 0 Å². The average Bonchev–Trinajstić information content (AvgIpc) is 1.86. The lowest BCUT2D eigenvalue weighted by atomic mass is 9.97. The third-order valence-corrected chi connectivity index (χ3v) is 1.52. The average molecular weight is 152 g/mol. The topological polar surface area (TPSA) is 17.1 Å². The monoisotopic (exact) mass is 152 g/mol. The Morgan fingerprint density at radius 3 is 2.27 bits per heavy atom. The first kappa shape index (κ1) is 10.2. The van der Waals surface area contributed by atoms with Crippen molar-refractivity contribution < 1.29 is 4.79 Å². The zero-order chi connectivity index (χ0) is 8.85. The van der Waals surface area contributed by atoms with Crippen molar-refractivity contribution in [1.29, 1.82) is 0 Å². The van der Waals surface area contributed by atoms with E-state index < -0.39 is 0 Å². The minimum atomic E-state index is 0.234. The zero-order valence-electron chi connectivity index (χ0n) is 7.55. The van der Waals surface area contributed by atoms with Crippen LogP contribution >= 0.6 is 0 Å². The molecule has 0 unspecified atom stereocenters. The molecular weight excluding hydrogens is 136 g/mol. The van der Waals surface area contributed by atoms with Gasteiger partial charge in [-0.05, 0) is 20.8 Å². The molecule has 0 aliphatic heterocycles. The van der Waals surface area contributed by atoms with Crippen LogP contribution in [-0.2, 0) is 4.79 Å². The Bertz CT molecular complexity index is 173. The zero-order valence-corrected chi connectivity index (χ0v) is 7.55. The van der Waals surface area contributed by atoms with Crippen LogP contribution in [0.4, 0.5) is 0 Å². The third-order valence-electron chi connectivity index (χ3n) is 1.52. The first-order valence-corrected chi connectivity index (χ1v) is 3.82. The van der Waals surface area contributed by atoms with Gasteiger partial charge in [-0.2, -0.15) is 0 Å². The molecule has 0 aromatic heterocycles. The number of hydrogen-bond acceptors (Lipinski definition) is 1. The van der Waals surface area contributed by atoms with E-state index in [4.69, 9.17) is 0 Å². The van der Waals surface area contributed by atoms with Gasteiger partial charge in [-0.3, -0.25) is 0 Å². The Morgan fingerprint density at radius 2 is 2.00 bits per heavy atom. The molecule has 0 amide bonds. The summed E-state index contributed by atoms with van der Waals surface area (Å²) in [7, 11) is 0. The first-order valence-electron chi connectivity index (χ1n) is 3.82. The van der Waals surface area contributed by atoms with Crippen LogP contribution in [0.25, 0.3) is 0 Å². The lowest BCUT2D eigenvalue weighted by Gasteiger charge is -2.08. The molecule has 1 nitrogen and oxygen atoms in total. The van der Waals surface area contributed by atoms with Gasteiger partial charge < -0.3 is 4.79 Å². The Balaban J connectivity index is 4.22. The Hall–Kier alpha value is -0.850. The summed E-state index contributed by atoms with van der Waals surface area (Å²) in [5.41, 5.74) is 2.29. The Kier molecular flexibility index (Phi) is 4.51. The fourth-order valence-electron chi connectivity index (χ4n) is 0.918. The number of carbonyl (C=O) groups is 1. The van der Waals surface area contributed by atoms with Crippen LogP contribution in [0.2, 0.25) is 0 Å². The van der Waals surface area contributed by atoms with E-state index in [-0.39, 0.29) is 5.92 Å². The van der Waals surface area contributed by atoms with E-state index in [9.17, 15) is 4.79 Å². The molecule has 0 N–H and O–H groups in total. The van der Waals surface area contributed by atoms with Crippen molar-refractivity contribution in [3.63, 3.8) is 0 Å². The molecule has 0 radical (unpaired) electrons. The summed E-state index contributed by atoms with van der Waals surface area (Å²) in [5, 5.41) is 0. The standard InChI is InChI=1S/C10H16O/c1-8(2)7-10(5-6-11)9(3)4/h6-7,10H,3,5H2,1-2,4H3/t10-/m1/s1. The van der Waals surface area contributed by atoms with Crippen molar-refractivity contribution in [2.24, 2.45) is 5.92 Å². The first-order chi connectivity index (χ1) is 5.07. The Labute approximate surface area is 68.8 Å². The van der Waals surface area contributed by atoms with Gasteiger partial charge in [0.2, 0.25) is 0 Å². The lowest BCUT2D eigenvalue weighted by Crippen LogP contribution is -1.98. The highest BCUT2D eigenvalue weighted by Crippen LogP contribution is 2.14. The molecule has 0 aromatic rings. The van der Waals surface area contributed by atoms with E-state index in [0.717, 1.165) is 11.9 Å². The van der Waals surface area contributed by atoms with E-state index in [2.05, 4.69) is 12.7 Å². The molecule has 0 fully saturated rings. The predicted molar refractivity (Wildman–Crippen MR) is 48.4 cm³/mol. The fraction of sp³-hybridized carbons (Fsp3) is 0.500. The summed E-state index contributed by atoms with van der Waals surface area (Å²) in [5.74, 6) is 0.234. The second kappa shape index (κ2) is 4.89. The maximum atomic E-state index is 10.2.